The van der Waals surface area contributed by atoms with Gasteiger partial charge in [-0.3, -0.25) is 14.2 Å². The van der Waals surface area contributed by atoms with E-state index in [9.17, 15) is 4.79 Å². The molecule has 0 aliphatic heterocycles. The van der Waals surface area contributed by atoms with E-state index >= 15 is 0 Å². The monoisotopic (exact) mass is 384 g/mol. The lowest BCUT2D eigenvalue weighted by atomic mass is 10.2. The Morgan fingerprint density at radius 3 is 2.48 bits per heavy atom. The van der Waals surface area contributed by atoms with Gasteiger partial charge in [0.2, 0.25) is 0 Å². The molecule has 1 heterocycles. The summed E-state index contributed by atoms with van der Waals surface area (Å²) in [5, 5.41) is 1.85. The quantitative estimate of drug-likeness (QED) is 0.639. The molecule has 6 heteroatoms. The predicted molar refractivity (Wildman–Crippen MR) is 90.4 cm³/mol. The van der Waals surface area contributed by atoms with Gasteiger partial charge in [0.25, 0.3) is 5.56 Å². The van der Waals surface area contributed by atoms with Crippen LogP contribution in [0.15, 0.2) is 45.7 Å². The number of hydrogen-bond donors (Lipinski definition) is 0. The van der Waals surface area contributed by atoms with Crippen LogP contribution in [0.25, 0.3) is 10.9 Å². The number of halogens is 3. The van der Waals surface area contributed by atoms with Gasteiger partial charge in [-0.2, -0.15) is 0 Å². The lowest BCUT2D eigenvalue weighted by Crippen LogP contribution is -2.19. The van der Waals surface area contributed by atoms with E-state index in [1.807, 2.05) is 22.9 Å². The summed E-state index contributed by atoms with van der Waals surface area (Å²) in [6.45, 7) is 0.435. The number of nitrogens with zero attached hydrogens (tertiary/aromatic N) is 2. The van der Waals surface area contributed by atoms with Gasteiger partial charge in [-0.15, -0.1) is 0 Å². The maximum atomic E-state index is 12.3. The Balaban J connectivity index is 2.24. The molecule has 0 atom stereocenters. The van der Waals surface area contributed by atoms with Gasteiger partial charge in [0, 0.05) is 27.1 Å². The molecule has 0 saturated carbocycles. The van der Waals surface area contributed by atoms with Crippen LogP contribution in [-0.4, -0.2) is 9.36 Å². The van der Waals surface area contributed by atoms with Gasteiger partial charge in [0.15, 0.2) is 0 Å². The number of fused-ring (bicyclic) bond motifs is 1. The van der Waals surface area contributed by atoms with Crippen LogP contribution in [0.1, 0.15) is 5.56 Å². The summed E-state index contributed by atoms with van der Waals surface area (Å²) < 4.78 is 4.37. The zero-order chi connectivity index (χ0) is 15.1. The average molecular weight is 386 g/mol. The van der Waals surface area contributed by atoms with Gasteiger partial charge in [-0.1, -0.05) is 45.2 Å². The van der Waals surface area contributed by atoms with Crippen LogP contribution in [0.4, 0.5) is 0 Å². The van der Waals surface area contributed by atoms with E-state index in [1.54, 1.807) is 29.9 Å². The predicted octanol–water partition coefficient (Wildman–Crippen LogP) is 4.46. The van der Waals surface area contributed by atoms with Crippen molar-refractivity contribution in [3.05, 3.63) is 66.8 Å². The molecule has 0 amide bonds. The minimum Gasteiger partial charge on any atom is -0.278 e. The summed E-state index contributed by atoms with van der Waals surface area (Å²) >= 11 is 15.9. The molecule has 3 rings (SSSR count). The molecule has 108 valence electrons. The van der Waals surface area contributed by atoms with Gasteiger partial charge >= 0.3 is 0 Å². The second-order valence-electron chi connectivity index (χ2n) is 4.75. The van der Waals surface area contributed by atoms with Gasteiger partial charge in [-0.05, 0) is 30.3 Å². The molecule has 1 aromatic heterocycles. The Morgan fingerprint density at radius 2 is 1.81 bits per heavy atom. The van der Waals surface area contributed by atoms with Crippen molar-refractivity contribution >= 4 is 50.0 Å². The van der Waals surface area contributed by atoms with Crippen molar-refractivity contribution in [2.75, 3.05) is 0 Å². The summed E-state index contributed by atoms with van der Waals surface area (Å²) in [4.78, 5) is 12.3. The van der Waals surface area contributed by atoms with Gasteiger partial charge < -0.3 is 0 Å². The van der Waals surface area contributed by atoms with Crippen LogP contribution in [0.5, 0.6) is 0 Å². The van der Waals surface area contributed by atoms with Crippen LogP contribution in [0.2, 0.25) is 10.0 Å². The SMILES string of the molecule is Cn1c(=O)c2ccc(Br)cc2n1Cc1c(Cl)cccc1Cl. The molecule has 0 aliphatic carbocycles. The Kier molecular flexibility index (Phi) is 3.86. The summed E-state index contributed by atoms with van der Waals surface area (Å²) in [5.41, 5.74) is 1.60. The minimum absolute atomic E-state index is 0.0410. The molecule has 0 saturated heterocycles. The number of aromatic nitrogens is 2. The molecule has 0 bridgehead atoms. The largest absolute Gasteiger partial charge is 0.278 e. The van der Waals surface area contributed by atoms with E-state index in [2.05, 4.69) is 15.9 Å². The Morgan fingerprint density at radius 1 is 1.14 bits per heavy atom. The molecular weight excluding hydrogens is 375 g/mol. The zero-order valence-electron chi connectivity index (χ0n) is 11.1. The van der Waals surface area contributed by atoms with Crippen molar-refractivity contribution in [3.8, 4) is 0 Å². The Labute approximate surface area is 139 Å². The molecule has 0 fully saturated rings. The highest BCUT2D eigenvalue weighted by molar-refractivity contribution is 9.10. The molecule has 0 spiro atoms. The second-order valence-corrected chi connectivity index (χ2v) is 6.48. The van der Waals surface area contributed by atoms with Crippen molar-refractivity contribution in [3.63, 3.8) is 0 Å². The van der Waals surface area contributed by atoms with Crippen molar-refractivity contribution in [1.82, 2.24) is 9.36 Å². The summed E-state index contributed by atoms with van der Waals surface area (Å²) in [6.07, 6.45) is 0. The van der Waals surface area contributed by atoms with Crippen molar-refractivity contribution in [2.45, 2.75) is 6.54 Å². The highest BCUT2D eigenvalue weighted by Gasteiger charge is 2.14. The van der Waals surface area contributed by atoms with E-state index in [-0.39, 0.29) is 5.56 Å². The van der Waals surface area contributed by atoms with Gasteiger partial charge in [-0.25, -0.2) is 0 Å². The first-order valence-corrected chi connectivity index (χ1v) is 7.82. The minimum atomic E-state index is -0.0410. The van der Waals surface area contributed by atoms with Crippen LogP contribution in [0, 0.1) is 0 Å². The Hall–Kier alpha value is -1.23. The van der Waals surface area contributed by atoms with Gasteiger partial charge in [0.05, 0.1) is 17.4 Å². The molecule has 3 nitrogen and oxygen atoms in total. The van der Waals surface area contributed by atoms with Crippen LogP contribution in [-0.2, 0) is 13.6 Å². The number of rotatable bonds is 2. The third kappa shape index (κ3) is 2.52. The van der Waals surface area contributed by atoms with Crippen molar-refractivity contribution in [2.24, 2.45) is 7.05 Å². The molecular formula is C15H11BrCl2N2O. The summed E-state index contributed by atoms with van der Waals surface area (Å²) in [6, 6.07) is 11.0. The molecule has 0 N–H and O–H groups in total. The fourth-order valence-electron chi connectivity index (χ4n) is 2.37. The standard InChI is InChI=1S/C15H11BrCl2N2O/c1-19-15(21)10-6-5-9(16)7-14(10)20(19)8-11-12(17)3-2-4-13(11)18/h2-7H,8H2,1H3. The van der Waals surface area contributed by atoms with E-state index in [1.165, 1.54) is 0 Å². The number of benzene rings is 2. The highest BCUT2D eigenvalue weighted by Crippen LogP contribution is 2.26. The normalized spacial score (nSPS) is 11.2. The molecule has 0 aliphatic rings. The van der Waals surface area contributed by atoms with Crippen molar-refractivity contribution in [1.29, 1.82) is 0 Å². The van der Waals surface area contributed by atoms with E-state index in [0.717, 1.165) is 15.6 Å². The molecule has 2 aromatic carbocycles. The average Bonchev–Trinajstić information content (AvgIpc) is 2.67. The maximum Gasteiger partial charge on any atom is 0.274 e. The van der Waals surface area contributed by atoms with E-state index in [4.69, 9.17) is 23.2 Å². The first-order chi connectivity index (χ1) is 9.99. The zero-order valence-corrected chi connectivity index (χ0v) is 14.2. The van der Waals surface area contributed by atoms with E-state index in [0.29, 0.717) is 22.0 Å². The fourth-order valence-corrected chi connectivity index (χ4v) is 3.24. The first kappa shape index (κ1) is 14.7. The first-order valence-electron chi connectivity index (χ1n) is 6.27. The van der Waals surface area contributed by atoms with Crippen LogP contribution < -0.4 is 5.56 Å². The lowest BCUT2D eigenvalue weighted by molar-refractivity contribution is 0.554. The summed E-state index contributed by atoms with van der Waals surface area (Å²) in [7, 11) is 1.74. The molecule has 21 heavy (non-hydrogen) atoms. The van der Waals surface area contributed by atoms with Crippen LogP contribution in [0.3, 0.4) is 0 Å². The van der Waals surface area contributed by atoms with Crippen LogP contribution >= 0.6 is 39.1 Å². The van der Waals surface area contributed by atoms with Crippen molar-refractivity contribution < 1.29 is 0 Å². The third-order valence-electron chi connectivity index (χ3n) is 3.49. The Bertz CT molecular complexity index is 878. The number of hydrogen-bond acceptors (Lipinski definition) is 1. The molecule has 3 aromatic rings. The maximum absolute atomic E-state index is 12.3. The third-order valence-corrected chi connectivity index (χ3v) is 4.70. The molecule has 0 unspecified atom stereocenters. The second kappa shape index (κ2) is 5.52. The highest BCUT2D eigenvalue weighted by atomic mass is 79.9. The van der Waals surface area contributed by atoms with Gasteiger partial charge in [0.1, 0.15) is 0 Å². The lowest BCUT2D eigenvalue weighted by Gasteiger charge is -2.12. The molecule has 0 radical (unpaired) electrons. The fraction of sp³-hybridized carbons (Fsp3) is 0.133. The smallest absolute Gasteiger partial charge is 0.274 e. The topological polar surface area (TPSA) is 26.9 Å². The van der Waals surface area contributed by atoms with E-state index < -0.39 is 0 Å². The summed E-state index contributed by atoms with van der Waals surface area (Å²) in [5.74, 6) is 0.